The van der Waals surface area contributed by atoms with Gasteiger partial charge in [-0.3, -0.25) is 9.59 Å². The topological polar surface area (TPSA) is 39.1 Å². The molecule has 1 aromatic heterocycles. The van der Waals surface area contributed by atoms with Crippen LogP contribution in [0.3, 0.4) is 0 Å². The van der Waals surface area contributed by atoms with Crippen molar-refractivity contribution in [2.75, 3.05) is 0 Å². The average molecular weight is 490 g/mol. The predicted molar refractivity (Wildman–Crippen MR) is 153 cm³/mol. The summed E-state index contributed by atoms with van der Waals surface area (Å²) in [6.07, 6.45) is 16.8. The molecule has 0 radical (unpaired) electrons. The summed E-state index contributed by atoms with van der Waals surface area (Å²) in [7, 11) is 0. The van der Waals surface area contributed by atoms with E-state index in [2.05, 4.69) is 19.7 Å². The first-order valence-electron chi connectivity index (χ1n) is 12.3. The van der Waals surface area contributed by atoms with Gasteiger partial charge in [-0.05, 0) is 67.9 Å². The Balaban J connectivity index is 4.38. The van der Waals surface area contributed by atoms with Crippen LogP contribution in [0, 0.1) is 11.7 Å². The van der Waals surface area contributed by atoms with Gasteiger partial charge in [0.15, 0.2) is 11.6 Å². The van der Waals surface area contributed by atoms with Gasteiger partial charge < -0.3 is 4.57 Å². The molecule has 0 amide bonds. The minimum absolute atomic E-state index is 0.130. The molecule has 1 atom stereocenters. The van der Waals surface area contributed by atoms with Crippen molar-refractivity contribution >= 4 is 11.4 Å². The van der Waals surface area contributed by atoms with Crippen LogP contribution in [0.4, 0.5) is 4.39 Å². The Kier molecular flexibility index (Phi) is 12.0. The molecule has 0 saturated carbocycles. The summed E-state index contributed by atoms with van der Waals surface area (Å²) in [5, 5.41) is 0. The fourth-order valence-corrected chi connectivity index (χ4v) is 4.29. The molecule has 4 heteroatoms. The summed E-state index contributed by atoms with van der Waals surface area (Å²) in [6.45, 7) is 25.2. The lowest BCUT2D eigenvalue weighted by atomic mass is 9.87. The number of allylic oxidation sites excluding steroid dienone is 13. The molecule has 0 aliphatic carbocycles. The van der Waals surface area contributed by atoms with Crippen molar-refractivity contribution < 1.29 is 9.18 Å². The predicted octanol–water partition coefficient (Wildman–Crippen LogP) is 8.50. The number of rotatable bonds is 12. The minimum Gasteiger partial charge on any atom is -0.341 e. The van der Waals surface area contributed by atoms with Crippen LogP contribution in [-0.2, 0) is 0 Å². The van der Waals surface area contributed by atoms with Crippen LogP contribution < -0.4 is 5.43 Å². The lowest BCUT2D eigenvalue weighted by molar-refractivity contribution is 0.101. The molecule has 0 saturated heterocycles. The van der Waals surface area contributed by atoms with Crippen LogP contribution in [0.25, 0.3) is 5.57 Å². The number of aromatic nitrogens is 1. The Labute approximate surface area is 216 Å². The monoisotopic (exact) mass is 489 g/mol. The summed E-state index contributed by atoms with van der Waals surface area (Å²) in [5.74, 6) is -1.28. The van der Waals surface area contributed by atoms with Gasteiger partial charge in [0, 0.05) is 12.2 Å². The number of carbonyl (C=O) groups is 1. The highest BCUT2D eigenvalue weighted by molar-refractivity contribution is 5.94. The van der Waals surface area contributed by atoms with Crippen LogP contribution in [0.1, 0.15) is 77.0 Å². The van der Waals surface area contributed by atoms with E-state index in [4.69, 9.17) is 0 Å². The number of hydrogen-bond donors (Lipinski definition) is 0. The number of pyridine rings is 1. The zero-order chi connectivity index (χ0) is 27.6. The van der Waals surface area contributed by atoms with E-state index in [1.165, 1.54) is 13.1 Å². The molecule has 36 heavy (non-hydrogen) atoms. The molecule has 3 nitrogen and oxygen atoms in total. The fourth-order valence-electron chi connectivity index (χ4n) is 4.29. The first-order valence-corrected chi connectivity index (χ1v) is 12.3. The molecule has 0 aromatic carbocycles. The van der Waals surface area contributed by atoms with Crippen molar-refractivity contribution in [3.8, 4) is 0 Å². The molecule has 1 rings (SSSR count). The molecule has 0 spiro atoms. The van der Waals surface area contributed by atoms with Gasteiger partial charge in [-0.2, -0.15) is 0 Å². The van der Waals surface area contributed by atoms with Crippen LogP contribution in [-0.4, -0.2) is 10.4 Å². The van der Waals surface area contributed by atoms with E-state index < -0.39 is 17.0 Å². The van der Waals surface area contributed by atoms with E-state index in [0.29, 0.717) is 23.1 Å². The number of carbonyl (C=O) groups excluding carboxylic acids is 1. The third-order valence-electron chi connectivity index (χ3n) is 6.15. The zero-order valence-electron chi connectivity index (χ0n) is 22.8. The van der Waals surface area contributed by atoms with Crippen LogP contribution in [0.5, 0.6) is 0 Å². The van der Waals surface area contributed by atoms with E-state index >= 15 is 4.39 Å². The molecule has 0 unspecified atom stereocenters. The van der Waals surface area contributed by atoms with Crippen molar-refractivity contribution in [1.82, 2.24) is 4.57 Å². The highest BCUT2D eigenvalue weighted by Crippen LogP contribution is 2.36. The third-order valence-corrected chi connectivity index (χ3v) is 6.15. The summed E-state index contributed by atoms with van der Waals surface area (Å²) < 4.78 is 17.7. The Bertz CT molecular complexity index is 1230. The summed E-state index contributed by atoms with van der Waals surface area (Å²) in [4.78, 5) is 25.2. The zero-order valence-corrected chi connectivity index (χ0v) is 22.8. The Morgan fingerprint density at radius 2 is 1.58 bits per heavy atom. The maximum atomic E-state index is 16.0. The van der Waals surface area contributed by atoms with E-state index in [0.717, 1.165) is 11.1 Å². The largest absolute Gasteiger partial charge is 0.341 e. The second-order valence-corrected chi connectivity index (χ2v) is 8.90. The lowest BCUT2D eigenvalue weighted by Crippen LogP contribution is -2.28. The number of halogens is 1. The fraction of sp³-hybridized carbons (Fsp3) is 0.312. The molecule has 192 valence electrons. The summed E-state index contributed by atoms with van der Waals surface area (Å²) in [6, 6.07) is -0.137. The molecule has 0 bridgehead atoms. The minimum atomic E-state index is -0.948. The van der Waals surface area contributed by atoms with E-state index in [9.17, 15) is 9.59 Å². The Hall–Kier alpha value is -3.53. The maximum absolute atomic E-state index is 16.0. The van der Waals surface area contributed by atoms with Crippen LogP contribution in [0.15, 0.2) is 102 Å². The first kappa shape index (κ1) is 30.5. The molecule has 1 aromatic rings. The van der Waals surface area contributed by atoms with Gasteiger partial charge >= 0.3 is 0 Å². The molecule has 0 fully saturated rings. The molecular formula is C32H40FNO2. The van der Waals surface area contributed by atoms with Gasteiger partial charge in [0.2, 0.25) is 5.43 Å². The summed E-state index contributed by atoms with van der Waals surface area (Å²) in [5.41, 5.74) is 2.33. The average Bonchev–Trinajstić information content (AvgIpc) is 2.83. The van der Waals surface area contributed by atoms with Crippen molar-refractivity contribution in [1.29, 1.82) is 0 Å². The number of ketones is 1. The highest BCUT2D eigenvalue weighted by atomic mass is 19.1. The quantitative estimate of drug-likeness (QED) is 0.218. The molecule has 0 aliphatic heterocycles. The van der Waals surface area contributed by atoms with E-state index in [-0.39, 0.29) is 23.2 Å². The second-order valence-electron chi connectivity index (χ2n) is 8.90. The van der Waals surface area contributed by atoms with Crippen LogP contribution >= 0.6 is 0 Å². The lowest BCUT2D eigenvalue weighted by Gasteiger charge is -2.29. The van der Waals surface area contributed by atoms with Gasteiger partial charge in [-0.1, -0.05) is 89.1 Å². The molecule has 0 aliphatic rings. The van der Waals surface area contributed by atoms with Crippen molar-refractivity contribution in [3.63, 3.8) is 0 Å². The Morgan fingerprint density at radius 1 is 1.06 bits per heavy atom. The smallest absolute Gasteiger partial charge is 0.228 e. The third kappa shape index (κ3) is 6.78. The number of hydrogen-bond acceptors (Lipinski definition) is 2. The number of nitrogens with zero attached hydrogens (tertiary/aromatic N) is 1. The van der Waals surface area contributed by atoms with Gasteiger partial charge in [-0.15, -0.1) is 0 Å². The van der Waals surface area contributed by atoms with Gasteiger partial charge in [-0.25, -0.2) is 4.39 Å². The van der Waals surface area contributed by atoms with Crippen molar-refractivity contribution in [3.05, 3.63) is 124 Å². The van der Waals surface area contributed by atoms with Gasteiger partial charge in [0.25, 0.3) is 0 Å². The highest BCUT2D eigenvalue weighted by Gasteiger charge is 2.26. The van der Waals surface area contributed by atoms with Crippen molar-refractivity contribution in [2.24, 2.45) is 5.92 Å². The van der Waals surface area contributed by atoms with Gasteiger partial charge in [0.05, 0.1) is 11.3 Å². The second kappa shape index (κ2) is 14.1. The van der Waals surface area contributed by atoms with E-state index in [1.54, 1.807) is 23.6 Å². The first-order chi connectivity index (χ1) is 17.0. The maximum Gasteiger partial charge on any atom is 0.228 e. The molecular weight excluding hydrogens is 449 g/mol. The standard InChI is InChI=1S/C32H40FNO2/c1-11-16-18-25(13-3)22(8)29(26(14-4)19-17-12-2)23(9)31-30(33)32(36)27(24(10)35)20-34(31)28(15-5)21(6)7/h11-14,16-21,28H,3-4,8,15H2,1-2,5-7,9-10H3/b16-11-,17-12-,25-18+,26-19+,29-23-/t28-/m0/s1. The normalized spacial score (nSPS) is 14.4. The van der Waals surface area contributed by atoms with Crippen molar-refractivity contribution in [2.45, 2.75) is 60.9 Å². The van der Waals surface area contributed by atoms with Crippen LogP contribution in [0.2, 0.25) is 0 Å². The molecule has 1 heterocycles. The number of Topliss-reactive ketones (excluding diaryl/α,β-unsaturated/α-hetero) is 1. The SMILES string of the molecule is C=C/C(=C\C=C/C)C(=C)C(/C(C=C)=C/C=C\C)=C(\C)c1c(F)c(=O)c(C(C)=O)cn1[C@@H](CC)C(C)C. The Morgan fingerprint density at radius 3 is 2.00 bits per heavy atom. The van der Waals surface area contributed by atoms with Gasteiger partial charge in [0.1, 0.15) is 0 Å². The summed E-state index contributed by atoms with van der Waals surface area (Å²) >= 11 is 0. The molecule has 0 N–H and O–H groups in total. The van der Waals surface area contributed by atoms with E-state index in [1.807, 2.05) is 71.1 Å².